The molecule has 1 rings (SSSR count). The third kappa shape index (κ3) is 4.14. The number of methoxy groups -OCH3 is 1. The molecule has 0 radical (unpaired) electrons. The van der Waals surface area contributed by atoms with Gasteiger partial charge in [-0.3, -0.25) is 0 Å². The summed E-state index contributed by atoms with van der Waals surface area (Å²) in [5, 5.41) is 10.3. The highest BCUT2D eigenvalue weighted by Gasteiger charge is 2.58. The van der Waals surface area contributed by atoms with E-state index in [1.807, 2.05) is 6.92 Å². The minimum Gasteiger partial charge on any atom is -0.497 e. The Morgan fingerprint density at radius 2 is 1.73 bits per heavy atom. The van der Waals surface area contributed by atoms with E-state index in [2.05, 4.69) is 0 Å². The Labute approximate surface area is 129 Å². The van der Waals surface area contributed by atoms with Gasteiger partial charge in [0.15, 0.2) is 0 Å². The maximum atomic E-state index is 13.4. The summed E-state index contributed by atoms with van der Waals surface area (Å²) in [5.41, 5.74) is 2.41. The van der Waals surface area contributed by atoms with Gasteiger partial charge in [0.25, 0.3) is 0 Å². The van der Waals surface area contributed by atoms with Crippen LogP contribution in [0.3, 0.4) is 0 Å². The monoisotopic (exact) mass is 319 g/mol. The number of aliphatic hydroxyl groups is 1. The number of benzene rings is 1. The van der Waals surface area contributed by atoms with Crippen molar-refractivity contribution >= 4 is 0 Å². The van der Waals surface area contributed by atoms with Gasteiger partial charge in [-0.1, -0.05) is 44.7 Å². The van der Waals surface area contributed by atoms with Crippen LogP contribution in [0.25, 0.3) is 0 Å². The SMILES string of the molecule is CCCCCCC(N)C(O)(c1ccc(OC)cc1)C(F)(F)F. The molecule has 0 spiro atoms. The van der Waals surface area contributed by atoms with E-state index in [1.165, 1.54) is 31.4 Å². The number of rotatable bonds is 8. The summed E-state index contributed by atoms with van der Waals surface area (Å²) in [6.45, 7) is 2.02. The zero-order valence-corrected chi connectivity index (χ0v) is 13.0. The van der Waals surface area contributed by atoms with Crippen LogP contribution in [0.15, 0.2) is 24.3 Å². The molecule has 2 atom stereocenters. The fourth-order valence-electron chi connectivity index (χ4n) is 2.43. The highest BCUT2D eigenvalue weighted by atomic mass is 19.4. The van der Waals surface area contributed by atoms with E-state index in [-0.39, 0.29) is 12.0 Å². The molecule has 0 amide bonds. The van der Waals surface area contributed by atoms with Gasteiger partial charge in [-0.05, 0) is 24.1 Å². The number of nitrogens with two attached hydrogens (primary N) is 1. The van der Waals surface area contributed by atoms with Crippen LogP contribution in [0.5, 0.6) is 5.75 Å². The molecule has 0 aliphatic rings. The zero-order valence-electron chi connectivity index (χ0n) is 13.0. The quantitative estimate of drug-likeness (QED) is 0.718. The Hall–Kier alpha value is -1.27. The van der Waals surface area contributed by atoms with Gasteiger partial charge < -0.3 is 15.6 Å². The van der Waals surface area contributed by atoms with Crippen molar-refractivity contribution in [3.8, 4) is 5.75 Å². The highest BCUT2D eigenvalue weighted by Crippen LogP contribution is 2.42. The summed E-state index contributed by atoms with van der Waals surface area (Å²) >= 11 is 0. The number of unbranched alkanes of at least 4 members (excludes halogenated alkanes) is 3. The van der Waals surface area contributed by atoms with E-state index >= 15 is 0 Å². The number of hydrogen-bond acceptors (Lipinski definition) is 3. The molecule has 0 aliphatic heterocycles. The molecular formula is C16H24F3NO2. The fourth-order valence-corrected chi connectivity index (χ4v) is 2.43. The zero-order chi connectivity index (χ0) is 16.8. The van der Waals surface area contributed by atoms with Crippen molar-refractivity contribution in [3.63, 3.8) is 0 Å². The summed E-state index contributed by atoms with van der Waals surface area (Å²) in [5.74, 6) is 0.421. The molecule has 3 nitrogen and oxygen atoms in total. The van der Waals surface area contributed by atoms with Crippen molar-refractivity contribution in [2.45, 2.75) is 56.8 Å². The summed E-state index contributed by atoms with van der Waals surface area (Å²) < 4.78 is 45.2. The van der Waals surface area contributed by atoms with Gasteiger partial charge in [0.2, 0.25) is 5.60 Å². The van der Waals surface area contributed by atoms with Crippen LogP contribution < -0.4 is 10.5 Å². The maximum Gasteiger partial charge on any atom is 0.422 e. The first-order chi connectivity index (χ1) is 10.3. The standard InChI is InChI=1S/C16H24F3NO2/c1-3-4-5-6-7-14(20)15(21,16(17,18)19)12-8-10-13(22-2)11-9-12/h8-11,14,21H,3-7,20H2,1-2H3. The molecule has 1 aromatic carbocycles. The molecule has 126 valence electrons. The predicted molar refractivity (Wildman–Crippen MR) is 79.7 cm³/mol. The largest absolute Gasteiger partial charge is 0.497 e. The Morgan fingerprint density at radius 1 is 1.14 bits per heavy atom. The molecular weight excluding hydrogens is 295 g/mol. The summed E-state index contributed by atoms with van der Waals surface area (Å²) in [6, 6.07) is 3.78. The lowest BCUT2D eigenvalue weighted by Crippen LogP contribution is -2.55. The molecule has 0 aromatic heterocycles. The lowest BCUT2D eigenvalue weighted by Gasteiger charge is -2.36. The third-order valence-corrected chi connectivity index (χ3v) is 3.87. The lowest BCUT2D eigenvalue weighted by molar-refractivity contribution is -0.275. The van der Waals surface area contributed by atoms with Gasteiger partial charge in [-0.15, -0.1) is 0 Å². The topological polar surface area (TPSA) is 55.5 Å². The molecule has 0 saturated heterocycles. The van der Waals surface area contributed by atoms with Crippen LogP contribution in [0, 0.1) is 0 Å². The normalized spacial score (nSPS) is 16.1. The van der Waals surface area contributed by atoms with Crippen LogP contribution in [-0.2, 0) is 5.60 Å². The van der Waals surface area contributed by atoms with Gasteiger partial charge in [0, 0.05) is 6.04 Å². The first-order valence-corrected chi connectivity index (χ1v) is 7.46. The first kappa shape index (κ1) is 18.8. The Kier molecular flexibility index (Phi) is 6.68. The van der Waals surface area contributed by atoms with Crippen molar-refractivity contribution in [2.24, 2.45) is 5.73 Å². The van der Waals surface area contributed by atoms with Gasteiger partial charge in [-0.25, -0.2) is 0 Å². The second kappa shape index (κ2) is 7.83. The van der Waals surface area contributed by atoms with Crippen molar-refractivity contribution in [1.29, 1.82) is 0 Å². The van der Waals surface area contributed by atoms with E-state index < -0.39 is 17.8 Å². The van der Waals surface area contributed by atoms with E-state index in [4.69, 9.17) is 10.5 Å². The second-order valence-electron chi connectivity index (χ2n) is 5.45. The molecule has 6 heteroatoms. The molecule has 3 N–H and O–H groups in total. The first-order valence-electron chi connectivity index (χ1n) is 7.46. The molecule has 0 saturated carbocycles. The summed E-state index contributed by atoms with van der Waals surface area (Å²) in [6.07, 6.45) is -1.44. The summed E-state index contributed by atoms with van der Waals surface area (Å²) in [7, 11) is 1.42. The fraction of sp³-hybridized carbons (Fsp3) is 0.625. The minimum absolute atomic E-state index is 0.113. The van der Waals surface area contributed by atoms with Crippen LogP contribution >= 0.6 is 0 Å². The van der Waals surface area contributed by atoms with Gasteiger partial charge >= 0.3 is 6.18 Å². The molecule has 0 aliphatic carbocycles. The van der Waals surface area contributed by atoms with Crippen LogP contribution in [-0.4, -0.2) is 24.4 Å². The Balaban J connectivity index is 2.98. The lowest BCUT2D eigenvalue weighted by atomic mass is 9.83. The molecule has 22 heavy (non-hydrogen) atoms. The van der Waals surface area contributed by atoms with E-state index in [9.17, 15) is 18.3 Å². The second-order valence-corrected chi connectivity index (χ2v) is 5.45. The van der Waals surface area contributed by atoms with E-state index in [0.717, 1.165) is 19.3 Å². The van der Waals surface area contributed by atoms with E-state index in [1.54, 1.807) is 0 Å². The number of alkyl halides is 3. The van der Waals surface area contributed by atoms with Crippen LogP contribution in [0.1, 0.15) is 44.6 Å². The predicted octanol–water partition coefficient (Wildman–Crippen LogP) is 3.74. The van der Waals surface area contributed by atoms with Gasteiger partial charge in [-0.2, -0.15) is 13.2 Å². The molecule has 1 aromatic rings. The van der Waals surface area contributed by atoms with E-state index in [0.29, 0.717) is 12.2 Å². The van der Waals surface area contributed by atoms with Gasteiger partial charge in [0.1, 0.15) is 5.75 Å². The Bertz CT molecular complexity index is 448. The van der Waals surface area contributed by atoms with Crippen LogP contribution in [0.2, 0.25) is 0 Å². The van der Waals surface area contributed by atoms with Crippen LogP contribution in [0.4, 0.5) is 13.2 Å². The third-order valence-electron chi connectivity index (χ3n) is 3.87. The highest BCUT2D eigenvalue weighted by molar-refractivity contribution is 5.33. The number of hydrogen-bond donors (Lipinski definition) is 2. The molecule has 0 heterocycles. The van der Waals surface area contributed by atoms with Crippen molar-refractivity contribution in [2.75, 3.05) is 7.11 Å². The Morgan fingerprint density at radius 3 is 2.18 bits per heavy atom. The maximum absolute atomic E-state index is 13.4. The van der Waals surface area contributed by atoms with Crippen molar-refractivity contribution < 1.29 is 23.0 Å². The molecule has 0 bridgehead atoms. The average molecular weight is 319 g/mol. The summed E-state index contributed by atoms with van der Waals surface area (Å²) in [4.78, 5) is 0. The minimum atomic E-state index is -4.84. The average Bonchev–Trinajstić information content (AvgIpc) is 2.49. The van der Waals surface area contributed by atoms with Crippen molar-refractivity contribution in [3.05, 3.63) is 29.8 Å². The van der Waals surface area contributed by atoms with Gasteiger partial charge in [0.05, 0.1) is 7.11 Å². The molecule has 0 fully saturated rings. The molecule has 2 unspecified atom stereocenters. The number of halogens is 3. The van der Waals surface area contributed by atoms with Crippen molar-refractivity contribution in [1.82, 2.24) is 0 Å². The smallest absolute Gasteiger partial charge is 0.422 e. The number of ether oxygens (including phenoxy) is 1.